The number of carbonyl (C=O) groups excluding carboxylic acids is 1. The monoisotopic (exact) mass is 500 g/mol. The van der Waals surface area contributed by atoms with Crippen LogP contribution in [-0.2, 0) is 11.3 Å². The summed E-state index contributed by atoms with van der Waals surface area (Å²) in [5.41, 5.74) is 0.848. The number of nitrogens with zero attached hydrogens (tertiary/aromatic N) is 3. The van der Waals surface area contributed by atoms with E-state index in [0.717, 1.165) is 24.8 Å². The van der Waals surface area contributed by atoms with Crippen LogP contribution in [0.15, 0.2) is 41.3 Å². The van der Waals surface area contributed by atoms with Crippen LogP contribution in [0.25, 0.3) is 17.0 Å². The average Bonchev–Trinajstić information content (AvgIpc) is 3.19. The lowest BCUT2D eigenvalue weighted by atomic mass is 9.89. The Morgan fingerprint density at radius 2 is 1.91 bits per heavy atom. The zero-order valence-corrected chi connectivity index (χ0v) is 21.5. The van der Waals surface area contributed by atoms with E-state index in [1.807, 2.05) is 37.5 Å². The van der Waals surface area contributed by atoms with Crippen LogP contribution in [0.4, 0.5) is 4.79 Å². The molecule has 1 fully saturated rings. The number of hydrogen-bond donors (Lipinski definition) is 1. The molecule has 1 saturated carbocycles. The molecular weight excluding hydrogens is 468 g/mol. The number of aryl methyl sites for hydroxylation is 1. The molecule has 0 saturated heterocycles. The normalized spacial score (nSPS) is 17.7. The molecule has 8 nitrogen and oxygen atoms in total. The van der Waals surface area contributed by atoms with Gasteiger partial charge in [-0.3, -0.25) is 13.8 Å². The van der Waals surface area contributed by atoms with Crippen molar-refractivity contribution in [2.24, 2.45) is 0 Å². The third-order valence-electron chi connectivity index (χ3n) is 5.91. The van der Waals surface area contributed by atoms with Crippen molar-refractivity contribution in [3.8, 4) is 17.1 Å². The molecule has 0 unspecified atom stereocenters. The summed E-state index contributed by atoms with van der Waals surface area (Å²) in [7, 11) is 0. The van der Waals surface area contributed by atoms with Gasteiger partial charge in [-0.05, 0) is 39.3 Å². The van der Waals surface area contributed by atoms with Crippen LogP contribution >= 0.6 is 11.6 Å². The van der Waals surface area contributed by atoms with Crippen LogP contribution in [0.2, 0.25) is 5.02 Å². The molecule has 1 aromatic carbocycles. The van der Waals surface area contributed by atoms with Crippen LogP contribution in [0.3, 0.4) is 0 Å². The molecule has 1 N–H and O–H groups in total. The number of carbonyl (C=O) groups is 1. The molecule has 1 aliphatic carbocycles. The van der Waals surface area contributed by atoms with Gasteiger partial charge in [-0.2, -0.15) is 0 Å². The second-order valence-corrected chi connectivity index (χ2v) is 10.5. The quantitative estimate of drug-likeness (QED) is 0.416. The Morgan fingerprint density at radius 1 is 1.20 bits per heavy atom. The topological polar surface area (TPSA) is 86.9 Å². The van der Waals surface area contributed by atoms with Crippen LogP contribution in [0.1, 0.15) is 59.8 Å². The van der Waals surface area contributed by atoms with Gasteiger partial charge in [0.25, 0.3) is 5.56 Å². The Hall–Kier alpha value is -3.00. The summed E-state index contributed by atoms with van der Waals surface area (Å²) in [6.07, 6.45) is 5.63. The minimum Gasteiger partial charge on any atom is -0.475 e. The first-order valence-corrected chi connectivity index (χ1v) is 12.6. The van der Waals surface area contributed by atoms with Crippen molar-refractivity contribution in [3.63, 3.8) is 0 Å². The number of aromatic nitrogens is 3. The van der Waals surface area contributed by atoms with Gasteiger partial charge in [-0.15, -0.1) is 0 Å². The molecule has 3 aromatic rings. The fraction of sp³-hybridized carbons (Fsp3) is 0.500. The van der Waals surface area contributed by atoms with E-state index in [1.54, 1.807) is 22.7 Å². The van der Waals surface area contributed by atoms with E-state index < -0.39 is 11.7 Å². The maximum Gasteiger partial charge on any atom is 0.407 e. The van der Waals surface area contributed by atoms with Gasteiger partial charge in [-0.25, -0.2) is 9.78 Å². The summed E-state index contributed by atoms with van der Waals surface area (Å²) in [4.78, 5) is 29.7. The molecule has 35 heavy (non-hydrogen) atoms. The number of fused-ring (bicyclic) bond motifs is 1. The second kappa shape index (κ2) is 10.3. The first kappa shape index (κ1) is 25.1. The van der Waals surface area contributed by atoms with Crippen molar-refractivity contribution in [2.75, 3.05) is 0 Å². The van der Waals surface area contributed by atoms with E-state index in [4.69, 9.17) is 26.1 Å². The highest BCUT2D eigenvalue weighted by atomic mass is 35.5. The largest absolute Gasteiger partial charge is 0.475 e. The molecule has 2 heterocycles. The Kier molecular flexibility index (Phi) is 7.40. The van der Waals surface area contributed by atoms with Crippen LogP contribution in [0, 0.1) is 0 Å². The molecule has 4 rings (SSSR count). The Morgan fingerprint density at radius 3 is 2.57 bits per heavy atom. The summed E-state index contributed by atoms with van der Waals surface area (Å²) in [5, 5.41) is 3.52. The summed E-state index contributed by atoms with van der Waals surface area (Å²) >= 11 is 6.03. The van der Waals surface area contributed by atoms with Crippen LogP contribution < -0.4 is 15.6 Å². The zero-order chi connectivity index (χ0) is 25.2. The molecule has 2 aromatic heterocycles. The molecule has 0 aliphatic heterocycles. The van der Waals surface area contributed by atoms with E-state index >= 15 is 0 Å². The fourth-order valence-corrected chi connectivity index (χ4v) is 4.21. The summed E-state index contributed by atoms with van der Waals surface area (Å²) in [6, 6.07) is 8.91. The standard InChI is InChI=1S/C26H33ClN4O4/c1-5-6-7-12-30-23(34-20-13-19(14-20)28-25(33)35-26(2,3)4)15-22(32)31-16-21(29-24(30)31)17-8-10-18(27)11-9-17/h8-11,15-16,19-20H,5-7,12-14H2,1-4H3,(H,28,33). The predicted octanol–water partition coefficient (Wildman–Crippen LogP) is 5.44. The van der Waals surface area contributed by atoms with Gasteiger partial charge in [0, 0.05) is 42.2 Å². The van der Waals surface area contributed by atoms with Gasteiger partial charge in [0.2, 0.25) is 11.7 Å². The Labute approximate surface area is 210 Å². The van der Waals surface area contributed by atoms with E-state index in [2.05, 4.69) is 12.2 Å². The number of benzene rings is 1. The minimum atomic E-state index is -0.539. The number of hydrogen-bond acceptors (Lipinski definition) is 5. The minimum absolute atomic E-state index is 0.0122. The first-order chi connectivity index (χ1) is 16.6. The molecule has 188 valence electrons. The third-order valence-corrected chi connectivity index (χ3v) is 6.16. The van der Waals surface area contributed by atoms with Crippen molar-refractivity contribution >= 4 is 23.5 Å². The summed E-state index contributed by atoms with van der Waals surface area (Å²) in [5.74, 6) is 1.06. The van der Waals surface area contributed by atoms with Crippen molar-refractivity contribution < 1.29 is 14.3 Å². The molecule has 1 aliphatic rings. The van der Waals surface area contributed by atoms with Crippen LogP contribution in [0.5, 0.6) is 5.88 Å². The molecule has 0 atom stereocenters. The number of ether oxygens (including phenoxy) is 2. The molecule has 9 heteroatoms. The molecule has 0 spiro atoms. The van der Waals surface area contributed by atoms with Gasteiger partial charge >= 0.3 is 6.09 Å². The molecule has 0 radical (unpaired) electrons. The Balaban J connectivity index is 1.54. The Bertz CT molecular complexity index is 1240. The number of rotatable bonds is 8. The number of halogens is 1. The number of amides is 1. The average molecular weight is 501 g/mol. The van der Waals surface area contributed by atoms with Gasteiger partial charge < -0.3 is 14.8 Å². The second-order valence-electron chi connectivity index (χ2n) is 10.0. The van der Waals surface area contributed by atoms with E-state index in [9.17, 15) is 9.59 Å². The molecule has 0 bridgehead atoms. The lowest BCUT2D eigenvalue weighted by molar-refractivity contribution is 0.0345. The third kappa shape index (κ3) is 6.17. The highest BCUT2D eigenvalue weighted by molar-refractivity contribution is 6.30. The highest BCUT2D eigenvalue weighted by Gasteiger charge is 2.34. The lowest BCUT2D eigenvalue weighted by Gasteiger charge is -2.36. The van der Waals surface area contributed by atoms with Gasteiger partial charge in [0.15, 0.2) is 0 Å². The van der Waals surface area contributed by atoms with Gasteiger partial charge in [-0.1, -0.05) is 43.5 Å². The maximum atomic E-state index is 12.9. The van der Waals surface area contributed by atoms with E-state index in [1.165, 1.54) is 6.07 Å². The number of imidazole rings is 1. The highest BCUT2D eigenvalue weighted by Crippen LogP contribution is 2.28. The number of alkyl carbamates (subject to hydrolysis) is 1. The predicted molar refractivity (Wildman–Crippen MR) is 136 cm³/mol. The van der Waals surface area contributed by atoms with E-state index in [-0.39, 0.29) is 17.7 Å². The number of nitrogens with one attached hydrogen (secondary N) is 1. The maximum absolute atomic E-state index is 12.9. The molecule has 1 amide bonds. The fourth-order valence-electron chi connectivity index (χ4n) is 4.09. The van der Waals surface area contributed by atoms with Gasteiger partial charge in [0.05, 0.1) is 11.8 Å². The van der Waals surface area contributed by atoms with Crippen molar-refractivity contribution in [1.29, 1.82) is 0 Å². The smallest absolute Gasteiger partial charge is 0.407 e. The number of unbranched alkanes of at least 4 members (excludes halogenated alkanes) is 2. The van der Waals surface area contributed by atoms with Crippen molar-refractivity contribution in [2.45, 2.75) is 84.1 Å². The van der Waals surface area contributed by atoms with Gasteiger partial charge in [0.1, 0.15) is 11.7 Å². The van der Waals surface area contributed by atoms with E-state index in [0.29, 0.717) is 41.8 Å². The summed E-state index contributed by atoms with van der Waals surface area (Å²) in [6.45, 7) is 8.35. The lowest BCUT2D eigenvalue weighted by Crippen LogP contribution is -2.50. The molecular formula is C26H33ClN4O4. The first-order valence-electron chi connectivity index (χ1n) is 12.2. The SMILES string of the molecule is CCCCCn1c(OC2CC(NC(=O)OC(C)(C)C)C2)cc(=O)n2cc(-c3ccc(Cl)cc3)nc12. The zero-order valence-electron chi connectivity index (χ0n) is 20.7. The summed E-state index contributed by atoms with van der Waals surface area (Å²) < 4.78 is 15.1. The van der Waals surface area contributed by atoms with Crippen LogP contribution in [-0.4, -0.2) is 37.8 Å². The van der Waals surface area contributed by atoms with Crippen molar-refractivity contribution in [3.05, 3.63) is 51.9 Å². The van der Waals surface area contributed by atoms with Crippen molar-refractivity contribution in [1.82, 2.24) is 19.3 Å².